The van der Waals surface area contributed by atoms with Crippen molar-refractivity contribution in [2.24, 2.45) is 5.92 Å². The Kier molecular flexibility index (Phi) is 6.69. The second-order valence-corrected chi connectivity index (χ2v) is 8.53. The first-order chi connectivity index (χ1) is 15.5. The van der Waals surface area contributed by atoms with Crippen molar-refractivity contribution in [3.05, 3.63) is 77.6 Å². The quantitative estimate of drug-likeness (QED) is 0.597. The number of benzene rings is 2. The fourth-order valence-electron chi connectivity index (χ4n) is 3.98. The average Bonchev–Trinajstić information content (AvgIpc) is 2.81. The Morgan fingerprint density at radius 3 is 2.41 bits per heavy atom. The predicted molar refractivity (Wildman–Crippen MR) is 126 cm³/mol. The van der Waals surface area contributed by atoms with Gasteiger partial charge in [0.25, 0.3) is 5.88 Å². The van der Waals surface area contributed by atoms with Crippen LogP contribution in [0, 0.1) is 19.8 Å². The normalized spacial score (nSPS) is 17.0. The van der Waals surface area contributed by atoms with Gasteiger partial charge in [-0.15, -0.1) is 0 Å². The molecule has 1 aromatic heterocycles. The molecule has 1 amide bonds. The highest BCUT2D eigenvalue weighted by Crippen LogP contribution is 2.31. The maximum atomic E-state index is 13.0. The molecule has 1 saturated heterocycles. The number of ether oxygens (including phenoxy) is 1. The minimum Gasteiger partial charge on any atom is -0.436 e. The second-order valence-electron chi connectivity index (χ2n) is 8.53. The maximum Gasteiger partial charge on any atom is 0.263 e. The first-order valence-corrected chi connectivity index (χ1v) is 11.2. The van der Waals surface area contributed by atoms with Gasteiger partial charge in [0.1, 0.15) is 5.75 Å². The molecule has 0 unspecified atom stereocenters. The number of piperidine rings is 1. The molecule has 6 nitrogen and oxygen atoms in total. The monoisotopic (exact) mass is 430 g/mol. The third kappa shape index (κ3) is 5.25. The van der Waals surface area contributed by atoms with E-state index in [1.54, 1.807) is 12.4 Å². The van der Waals surface area contributed by atoms with Gasteiger partial charge in [-0.1, -0.05) is 47.5 Å². The Labute approximate surface area is 189 Å². The van der Waals surface area contributed by atoms with E-state index in [2.05, 4.69) is 51.4 Å². The summed E-state index contributed by atoms with van der Waals surface area (Å²) in [6.07, 6.45) is 5.07. The van der Waals surface area contributed by atoms with E-state index >= 15 is 0 Å². The molecule has 2 heterocycles. The molecule has 0 spiro atoms. The molecule has 0 radical (unpaired) electrons. The lowest BCUT2D eigenvalue weighted by Crippen LogP contribution is -2.44. The molecule has 2 atom stereocenters. The van der Waals surface area contributed by atoms with Crippen LogP contribution in [0.5, 0.6) is 11.6 Å². The minimum absolute atomic E-state index is 0.0320. The van der Waals surface area contributed by atoms with Gasteiger partial charge in [0.15, 0.2) is 5.82 Å². The number of amides is 1. The van der Waals surface area contributed by atoms with Gasteiger partial charge in [0.05, 0.1) is 12.0 Å². The van der Waals surface area contributed by atoms with Gasteiger partial charge >= 0.3 is 0 Å². The molecule has 4 rings (SSSR count). The Morgan fingerprint density at radius 2 is 1.69 bits per heavy atom. The zero-order valence-electron chi connectivity index (χ0n) is 18.9. The minimum atomic E-state index is -0.106. The molecule has 166 valence electrons. The largest absolute Gasteiger partial charge is 0.436 e. The topological polar surface area (TPSA) is 67.4 Å². The fraction of sp³-hybridized carbons (Fsp3) is 0.346. The van der Waals surface area contributed by atoms with Crippen molar-refractivity contribution in [2.75, 3.05) is 18.0 Å². The number of rotatable bonds is 6. The summed E-state index contributed by atoms with van der Waals surface area (Å²) in [5.41, 5.74) is 3.49. The summed E-state index contributed by atoms with van der Waals surface area (Å²) in [6.45, 7) is 7.54. The van der Waals surface area contributed by atoms with E-state index < -0.39 is 0 Å². The molecule has 1 aliphatic heterocycles. The van der Waals surface area contributed by atoms with Gasteiger partial charge in [0, 0.05) is 25.5 Å². The number of hydrogen-bond donors (Lipinski definition) is 1. The van der Waals surface area contributed by atoms with Crippen LogP contribution >= 0.6 is 0 Å². The zero-order chi connectivity index (χ0) is 22.5. The van der Waals surface area contributed by atoms with Gasteiger partial charge < -0.3 is 15.0 Å². The van der Waals surface area contributed by atoms with Crippen LogP contribution in [0.15, 0.2) is 60.9 Å². The molecule has 1 N–H and O–H groups in total. The SMILES string of the molecule is Cc1ccc(Oc2nccnc2N2CCC[C@H](C(=O)N[C@H](C)c3ccc(C)cc3)C2)cc1. The number of nitrogens with zero attached hydrogens (tertiary/aromatic N) is 3. The van der Waals surface area contributed by atoms with E-state index in [0.717, 1.165) is 30.7 Å². The van der Waals surface area contributed by atoms with E-state index in [4.69, 9.17) is 4.74 Å². The molecular weight excluding hydrogens is 400 g/mol. The van der Waals surface area contributed by atoms with Crippen LogP contribution < -0.4 is 15.0 Å². The number of carbonyl (C=O) groups is 1. The van der Waals surface area contributed by atoms with Crippen LogP contribution in [0.2, 0.25) is 0 Å². The summed E-state index contributed by atoms with van der Waals surface area (Å²) in [7, 11) is 0. The average molecular weight is 431 g/mol. The first kappa shape index (κ1) is 21.8. The summed E-state index contributed by atoms with van der Waals surface area (Å²) in [4.78, 5) is 24.1. The summed E-state index contributed by atoms with van der Waals surface area (Å²) < 4.78 is 6.03. The third-order valence-electron chi connectivity index (χ3n) is 5.91. The fourth-order valence-corrected chi connectivity index (χ4v) is 3.98. The van der Waals surface area contributed by atoms with Crippen LogP contribution in [-0.2, 0) is 4.79 Å². The second kappa shape index (κ2) is 9.81. The molecule has 0 aliphatic carbocycles. The number of carbonyl (C=O) groups excluding carboxylic acids is 1. The van der Waals surface area contributed by atoms with Crippen LogP contribution in [-0.4, -0.2) is 29.0 Å². The highest BCUT2D eigenvalue weighted by atomic mass is 16.5. The van der Waals surface area contributed by atoms with Crippen LogP contribution in [0.1, 0.15) is 42.5 Å². The van der Waals surface area contributed by atoms with Crippen molar-refractivity contribution in [3.63, 3.8) is 0 Å². The number of aryl methyl sites for hydroxylation is 2. The van der Waals surface area contributed by atoms with E-state index in [1.807, 2.05) is 38.1 Å². The predicted octanol–water partition coefficient (Wildman–Crippen LogP) is 4.98. The molecule has 1 aliphatic rings. The third-order valence-corrected chi connectivity index (χ3v) is 5.91. The van der Waals surface area contributed by atoms with Crippen molar-refractivity contribution in [2.45, 2.75) is 39.7 Å². The smallest absolute Gasteiger partial charge is 0.263 e. The lowest BCUT2D eigenvalue weighted by Gasteiger charge is -2.33. The van der Waals surface area contributed by atoms with Crippen LogP contribution in [0.3, 0.4) is 0 Å². The highest BCUT2D eigenvalue weighted by Gasteiger charge is 2.29. The van der Waals surface area contributed by atoms with E-state index in [-0.39, 0.29) is 17.9 Å². The Bertz CT molecular complexity index is 1050. The summed E-state index contributed by atoms with van der Waals surface area (Å²) in [6, 6.07) is 16.1. The molecule has 1 fully saturated rings. The van der Waals surface area contributed by atoms with Crippen molar-refractivity contribution in [1.82, 2.24) is 15.3 Å². The van der Waals surface area contributed by atoms with Gasteiger partial charge in [-0.05, 0) is 51.3 Å². The lowest BCUT2D eigenvalue weighted by atomic mass is 9.96. The number of anilines is 1. The molecule has 3 aromatic rings. The van der Waals surface area contributed by atoms with Crippen molar-refractivity contribution in [3.8, 4) is 11.6 Å². The van der Waals surface area contributed by atoms with Gasteiger partial charge in [-0.25, -0.2) is 9.97 Å². The number of hydrogen-bond acceptors (Lipinski definition) is 5. The molecule has 0 saturated carbocycles. The van der Waals surface area contributed by atoms with E-state index in [9.17, 15) is 4.79 Å². The number of nitrogens with one attached hydrogen (secondary N) is 1. The van der Waals surface area contributed by atoms with Crippen LogP contribution in [0.4, 0.5) is 5.82 Å². The lowest BCUT2D eigenvalue weighted by molar-refractivity contribution is -0.125. The molecule has 2 aromatic carbocycles. The summed E-state index contributed by atoms with van der Waals surface area (Å²) in [5.74, 6) is 1.83. The Balaban J connectivity index is 1.44. The van der Waals surface area contributed by atoms with Crippen molar-refractivity contribution < 1.29 is 9.53 Å². The first-order valence-electron chi connectivity index (χ1n) is 11.2. The van der Waals surface area contributed by atoms with Gasteiger partial charge in [-0.2, -0.15) is 0 Å². The molecule has 32 heavy (non-hydrogen) atoms. The Morgan fingerprint density at radius 1 is 1.03 bits per heavy atom. The highest BCUT2D eigenvalue weighted by molar-refractivity contribution is 5.80. The maximum absolute atomic E-state index is 13.0. The zero-order valence-corrected chi connectivity index (χ0v) is 18.9. The Hall–Kier alpha value is -3.41. The molecule has 0 bridgehead atoms. The van der Waals surface area contributed by atoms with Gasteiger partial charge in [-0.3, -0.25) is 4.79 Å². The summed E-state index contributed by atoms with van der Waals surface area (Å²) >= 11 is 0. The van der Waals surface area contributed by atoms with Crippen molar-refractivity contribution >= 4 is 11.7 Å². The molecule has 6 heteroatoms. The van der Waals surface area contributed by atoms with Gasteiger partial charge in [0.2, 0.25) is 5.91 Å². The number of aromatic nitrogens is 2. The molecular formula is C26H30N4O2. The van der Waals surface area contributed by atoms with E-state index in [0.29, 0.717) is 18.2 Å². The standard InChI is InChI=1S/C26H30N4O2/c1-18-6-10-21(11-7-18)20(3)29-25(31)22-5-4-16-30(17-22)24-26(28-15-14-27-24)32-23-12-8-19(2)9-13-23/h6-15,20,22H,4-5,16-17H2,1-3H3,(H,29,31)/t20-,22+/m1/s1. The van der Waals surface area contributed by atoms with E-state index in [1.165, 1.54) is 11.1 Å². The van der Waals surface area contributed by atoms with Crippen LogP contribution in [0.25, 0.3) is 0 Å². The summed E-state index contributed by atoms with van der Waals surface area (Å²) in [5, 5.41) is 3.18. The van der Waals surface area contributed by atoms with Crippen molar-refractivity contribution in [1.29, 1.82) is 0 Å².